The van der Waals surface area contributed by atoms with Crippen molar-refractivity contribution in [2.75, 3.05) is 5.32 Å². The zero-order valence-corrected chi connectivity index (χ0v) is 12.4. The van der Waals surface area contributed by atoms with Crippen LogP contribution in [0.25, 0.3) is 5.69 Å². The highest BCUT2D eigenvalue weighted by Gasteiger charge is 2.13. The van der Waals surface area contributed by atoms with Crippen molar-refractivity contribution in [1.29, 1.82) is 0 Å². The number of ketones is 1. The van der Waals surface area contributed by atoms with Gasteiger partial charge in [0.25, 0.3) is 5.91 Å². The molecule has 1 heterocycles. The number of amides is 1. The number of para-hydroxylation sites is 1. The maximum atomic E-state index is 12.2. The van der Waals surface area contributed by atoms with Crippen LogP contribution in [0.5, 0.6) is 0 Å². The van der Waals surface area contributed by atoms with Crippen LogP contribution in [0.1, 0.15) is 27.9 Å². The van der Waals surface area contributed by atoms with Gasteiger partial charge in [-0.1, -0.05) is 30.3 Å². The molecule has 0 aliphatic rings. The molecule has 6 heteroatoms. The largest absolute Gasteiger partial charge is 0.319 e. The van der Waals surface area contributed by atoms with Gasteiger partial charge in [0.05, 0.1) is 5.69 Å². The molecule has 0 fully saturated rings. The predicted molar refractivity (Wildman–Crippen MR) is 85.8 cm³/mol. The molecule has 0 aliphatic carbocycles. The fourth-order valence-corrected chi connectivity index (χ4v) is 2.08. The van der Waals surface area contributed by atoms with Gasteiger partial charge in [0.15, 0.2) is 5.78 Å². The van der Waals surface area contributed by atoms with Crippen LogP contribution in [0.4, 0.5) is 5.69 Å². The summed E-state index contributed by atoms with van der Waals surface area (Å²) in [5, 5.41) is 6.85. The number of aromatic nitrogens is 3. The van der Waals surface area contributed by atoms with E-state index < -0.39 is 5.91 Å². The quantitative estimate of drug-likeness (QED) is 0.752. The van der Waals surface area contributed by atoms with Crippen molar-refractivity contribution in [3.8, 4) is 5.69 Å². The number of nitrogens with one attached hydrogen (secondary N) is 1. The van der Waals surface area contributed by atoms with Crippen molar-refractivity contribution in [2.24, 2.45) is 0 Å². The van der Waals surface area contributed by atoms with Crippen molar-refractivity contribution in [2.45, 2.75) is 6.92 Å². The van der Waals surface area contributed by atoms with E-state index in [1.807, 2.05) is 30.3 Å². The Morgan fingerprint density at radius 3 is 2.57 bits per heavy atom. The lowest BCUT2D eigenvalue weighted by Gasteiger charge is -2.04. The Bertz CT molecular complexity index is 856. The Morgan fingerprint density at radius 2 is 1.83 bits per heavy atom. The third-order valence-electron chi connectivity index (χ3n) is 3.24. The minimum atomic E-state index is -0.430. The van der Waals surface area contributed by atoms with Crippen LogP contribution < -0.4 is 5.32 Å². The van der Waals surface area contributed by atoms with E-state index in [0.29, 0.717) is 11.3 Å². The molecule has 0 atom stereocenters. The van der Waals surface area contributed by atoms with E-state index >= 15 is 0 Å². The summed E-state index contributed by atoms with van der Waals surface area (Å²) in [4.78, 5) is 27.6. The third kappa shape index (κ3) is 3.32. The Labute approximate surface area is 132 Å². The summed E-state index contributed by atoms with van der Waals surface area (Å²) >= 11 is 0. The second kappa shape index (κ2) is 6.23. The number of benzene rings is 2. The lowest BCUT2D eigenvalue weighted by molar-refractivity contribution is 0.100. The number of Topliss-reactive ketones (excluding diaryl/α,β-unsaturated/α-hetero) is 1. The third-order valence-corrected chi connectivity index (χ3v) is 3.24. The molecule has 114 valence electrons. The fourth-order valence-electron chi connectivity index (χ4n) is 2.08. The van der Waals surface area contributed by atoms with Crippen LogP contribution in [0.2, 0.25) is 0 Å². The van der Waals surface area contributed by atoms with Crippen LogP contribution >= 0.6 is 0 Å². The number of carbonyl (C=O) groups is 2. The van der Waals surface area contributed by atoms with E-state index in [1.165, 1.54) is 17.9 Å². The molecule has 1 aromatic heterocycles. The first-order chi connectivity index (χ1) is 11.1. The number of carbonyl (C=O) groups excluding carboxylic acids is 2. The smallest absolute Gasteiger partial charge is 0.295 e. The minimum absolute atomic E-state index is 0.0575. The molecule has 0 unspecified atom stereocenters. The second-order valence-electron chi connectivity index (χ2n) is 4.94. The van der Waals surface area contributed by atoms with Crippen LogP contribution in [0, 0.1) is 0 Å². The Balaban J connectivity index is 1.78. The van der Waals surface area contributed by atoms with Gasteiger partial charge in [-0.15, -0.1) is 5.10 Å². The van der Waals surface area contributed by atoms with Crippen molar-refractivity contribution in [1.82, 2.24) is 14.8 Å². The summed E-state index contributed by atoms with van der Waals surface area (Å²) in [5.74, 6) is -0.435. The summed E-state index contributed by atoms with van der Waals surface area (Å²) in [6.45, 7) is 1.48. The van der Waals surface area contributed by atoms with Gasteiger partial charge in [-0.2, -0.15) is 0 Å². The lowest BCUT2D eigenvalue weighted by Crippen LogP contribution is -2.14. The molecule has 0 saturated heterocycles. The van der Waals surface area contributed by atoms with Crippen LogP contribution in [0.15, 0.2) is 60.9 Å². The molecule has 0 radical (unpaired) electrons. The highest BCUT2D eigenvalue weighted by molar-refractivity contribution is 6.02. The van der Waals surface area contributed by atoms with Crippen LogP contribution in [-0.4, -0.2) is 26.5 Å². The zero-order chi connectivity index (χ0) is 16.2. The van der Waals surface area contributed by atoms with Gasteiger partial charge >= 0.3 is 0 Å². The lowest BCUT2D eigenvalue weighted by atomic mass is 10.1. The Morgan fingerprint density at radius 1 is 1.04 bits per heavy atom. The van der Waals surface area contributed by atoms with E-state index in [9.17, 15) is 9.59 Å². The summed E-state index contributed by atoms with van der Waals surface area (Å²) in [6.07, 6.45) is 1.48. The van der Waals surface area contributed by atoms with E-state index in [4.69, 9.17) is 0 Å². The molecule has 23 heavy (non-hydrogen) atoms. The highest BCUT2D eigenvalue weighted by atomic mass is 16.2. The van der Waals surface area contributed by atoms with Crippen molar-refractivity contribution < 1.29 is 9.59 Å². The minimum Gasteiger partial charge on any atom is -0.319 e. The number of rotatable bonds is 4. The van der Waals surface area contributed by atoms with Gasteiger partial charge in [0, 0.05) is 11.3 Å². The molecular formula is C17H14N4O2. The maximum Gasteiger partial charge on any atom is 0.295 e. The molecule has 2 aromatic carbocycles. The predicted octanol–water partition coefficient (Wildman–Crippen LogP) is 2.72. The molecule has 3 aromatic rings. The van der Waals surface area contributed by atoms with E-state index in [-0.39, 0.29) is 11.6 Å². The van der Waals surface area contributed by atoms with Gasteiger partial charge in [-0.05, 0) is 31.2 Å². The molecule has 0 spiro atoms. The van der Waals surface area contributed by atoms with E-state index in [1.54, 1.807) is 24.3 Å². The molecule has 1 N–H and O–H groups in total. The Hall–Kier alpha value is -3.28. The summed E-state index contributed by atoms with van der Waals surface area (Å²) in [7, 11) is 0. The molecule has 0 saturated carbocycles. The molecular weight excluding hydrogens is 292 g/mol. The van der Waals surface area contributed by atoms with E-state index in [2.05, 4.69) is 15.4 Å². The Kier molecular flexibility index (Phi) is 3.97. The maximum absolute atomic E-state index is 12.2. The molecule has 0 bridgehead atoms. The number of hydrogen-bond acceptors (Lipinski definition) is 4. The van der Waals surface area contributed by atoms with Crippen LogP contribution in [-0.2, 0) is 0 Å². The first kappa shape index (κ1) is 14.6. The molecule has 1 amide bonds. The summed E-state index contributed by atoms with van der Waals surface area (Å²) < 4.78 is 1.53. The summed E-state index contributed by atoms with van der Waals surface area (Å²) in [6, 6.07) is 16.1. The number of hydrogen-bond donors (Lipinski definition) is 1. The topological polar surface area (TPSA) is 76.9 Å². The van der Waals surface area contributed by atoms with Crippen molar-refractivity contribution >= 4 is 17.4 Å². The number of nitrogens with zero attached hydrogens (tertiary/aromatic N) is 3. The SMILES string of the molecule is CC(=O)c1cccc(NC(=O)c2ncn(-c3ccccc3)n2)c1. The van der Waals surface area contributed by atoms with Crippen molar-refractivity contribution in [3.05, 3.63) is 72.3 Å². The molecule has 6 nitrogen and oxygen atoms in total. The van der Waals surface area contributed by atoms with Gasteiger partial charge in [0.1, 0.15) is 6.33 Å². The van der Waals surface area contributed by atoms with Crippen molar-refractivity contribution in [3.63, 3.8) is 0 Å². The second-order valence-corrected chi connectivity index (χ2v) is 4.94. The standard InChI is InChI=1S/C17H14N4O2/c1-12(22)13-6-5-7-14(10-13)19-17(23)16-18-11-21(20-16)15-8-3-2-4-9-15/h2-11H,1H3,(H,19,23). The number of anilines is 1. The molecule has 3 rings (SSSR count). The summed E-state index contributed by atoms with van der Waals surface area (Å²) in [5.41, 5.74) is 1.88. The normalized spacial score (nSPS) is 10.3. The van der Waals surface area contributed by atoms with Gasteiger partial charge < -0.3 is 5.32 Å². The van der Waals surface area contributed by atoms with Gasteiger partial charge in [-0.25, -0.2) is 9.67 Å². The average Bonchev–Trinajstić information content (AvgIpc) is 3.06. The first-order valence-corrected chi connectivity index (χ1v) is 7.03. The van der Waals surface area contributed by atoms with E-state index in [0.717, 1.165) is 5.69 Å². The average molecular weight is 306 g/mol. The zero-order valence-electron chi connectivity index (χ0n) is 12.4. The highest BCUT2D eigenvalue weighted by Crippen LogP contribution is 2.12. The molecule has 0 aliphatic heterocycles. The van der Waals surface area contributed by atoms with Gasteiger partial charge in [0.2, 0.25) is 5.82 Å². The van der Waals surface area contributed by atoms with Crippen LogP contribution in [0.3, 0.4) is 0 Å². The van der Waals surface area contributed by atoms with Gasteiger partial charge in [-0.3, -0.25) is 9.59 Å². The monoisotopic (exact) mass is 306 g/mol. The first-order valence-electron chi connectivity index (χ1n) is 7.03. The fraction of sp³-hybridized carbons (Fsp3) is 0.0588.